The summed E-state index contributed by atoms with van der Waals surface area (Å²) in [6.07, 6.45) is 0.987. The predicted octanol–water partition coefficient (Wildman–Crippen LogP) is 3.51. The zero-order chi connectivity index (χ0) is 23.2. The van der Waals surface area contributed by atoms with Gasteiger partial charge in [-0.15, -0.1) is 0 Å². The first kappa shape index (κ1) is 23.4. The average molecular weight is 476 g/mol. The van der Waals surface area contributed by atoms with Crippen molar-refractivity contribution in [3.05, 3.63) is 63.2 Å². The van der Waals surface area contributed by atoms with Crippen LogP contribution in [0, 0.1) is 16.0 Å². The molecule has 4 rings (SSSR count). The van der Waals surface area contributed by atoms with E-state index >= 15 is 0 Å². The number of ether oxygens (including phenoxy) is 3. The summed E-state index contributed by atoms with van der Waals surface area (Å²) in [5, 5.41) is 14.5. The molecule has 2 aromatic rings. The van der Waals surface area contributed by atoms with Crippen molar-refractivity contribution in [3.8, 4) is 11.5 Å². The van der Waals surface area contributed by atoms with Crippen LogP contribution in [0.1, 0.15) is 16.8 Å². The molecule has 0 spiro atoms. The summed E-state index contributed by atoms with van der Waals surface area (Å²) in [6.45, 7) is 5.09. The molecular weight excluding hydrogens is 450 g/mol. The molecule has 0 aromatic heterocycles. The molecule has 2 heterocycles. The van der Waals surface area contributed by atoms with Crippen molar-refractivity contribution in [2.45, 2.75) is 12.5 Å². The number of nitrogens with one attached hydrogen (secondary N) is 1. The summed E-state index contributed by atoms with van der Waals surface area (Å²) < 4.78 is 16.7. The number of nitro benzene ring substituents is 1. The largest absolute Gasteiger partial charge is 0.450 e. The van der Waals surface area contributed by atoms with Crippen molar-refractivity contribution < 1.29 is 23.9 Å². The van der Waals surface area contributed by atoms with Crippen molar-refractivity contribution in [1.29, 1.82) is 0 Å². The van der Waals surface area contributed by atoms with Crippen LogP contribution in [0.4, 0.5) is 5.69 Å². The number of carbonyl (C=O) groups is 1. The molecule has 2 atom stereocenters. The quantitative estimate of drug-likeness (QED) is 0.460. The fraction of sp³-hybridized carbons (Fsp3) is 0.435. The second-order valence-electron chi connectivity index (χ2n) is 8.04. The van der Waals surface area contributed by atoms with E-state index in [0.29, 0.717) is 43.6 Å². The van der Waals surface area contributed by atoms with Crippen LogP contribution in [0.3, 0.4) is 0 Å². The summed E-state index contributed by atoms with van der Waals surface area (Å²) in [5.74, 6) is 0.658. The van der Waals surface area contributed by atoms with Gasteiger partial charge in [0.2, 0.25) is 5.75 Å². The minimum absolute atomic E-state index is 0.0775. The predicted molar refractivity (Wildman–Crippen MR) is 122 cm³/mol. The van der Waals surface area contributed by atoms with Gasteiger partial charge in [-0.25, -0.2) is 0 Å². The van der Waals surface area contributed by atoms with Gasteiger partial charge < -0.3 is 19.5 Å². The van der Waals surface area contributed by atoms with Crippen LogP contribution in [0.25, 0.3) is 0 Å². The van der Waals surface area contributed by atoms with Crippen LogP contribution in [-0.4, -0.2) is 67.8 Å². The Bertz CT molecular complexity index is 975. The van der Waals surface area contributed by atoms with Crippen molar-refractivity contribution >= 4 is 23.2 Å². The number of nitrogens with zero attached hydrogens (tertiary/aromatic N) is 2. The second-order valence-corrected chi connectivity index (χ2v) is 8.48. The highest BCUT2D eigenvalue weighted by molar-refractivity contribution is 6.30. The molecule has 2 fully saturated rings. The van der Waals surface area contributed by atoms with E-state index in [4.69, 9.17) is 25.8 Å². The van der Waals surface area contributed by atoms with E-state index in [1.165, 1.54) is 18.2 Å². The third-order valence-corrected chi connectivity index (χ3v) is 6.19. The number of hydrogen-bond acceptors (Lipinski definition) is 7. The maximum Gasteiger partial charge on any atom is 0.313 e. The minimum atomic E-state index is -0.552. The van der Waals surface area contributed by atoms with Gasteiger partial charge in [0, 0.05) is 54.9 Å². The maximum absolute atomic E-state index is 12.8. The first-order valence-electron chi connectivity index (χ1n) is 10.9. The molecule has 2 aliphatic rings. The zero-order valence-electron chi connectivity index (χ0n) is 18.1. The Hall–Kier alpha value is -2.72. The molecule has 9 nitrogen and oxygen atoms in total. The normalized spacial score (nSPS) is 19.7. The Balaban J connectivity index is 1.38. The fourth-order valence-electron chi connectivity index (χ4n) is 4.18. The molecule has 0 saturated carbocycles. The number of hydrogen-bond donors (Lipinski definition) is 1. The molecule has 2 aromatic carbocycles. The van der Waals surface area contributed by atoms with Crippen molar-refractivity contribution in [1.82, 2.24) is 10.2 Å². The van der Waals surface area contributed by atoms with Crippen LogP contribution < -0.4 is 10.1 Å². The summed E-state index contributed by atoms with van der Waals surface area (Å²) >= 11 is 5.84. The maximum atomic E-state index is 12.8. The SMILES string of the molecule is O=C(NCC(C1CCOC1)N1CCOCC1)c1ccc(Oc2ccc(Cl)cc2[N+](=O)[O-])cc1. The Morgan fingerprint density at radius 2 is 1.94 bits per heavy atom. The molecule has 2 aliphatic heterocycles. The van der Waals surface area contributed by atoms with Crippen LogP contribution >= 0.6 is 11.6 Å². The number of carbonyl (C=O) groups excluding carboxylic acids is 1. The summed E-state index contributed by atoms with van der Waals surface area (Å²) in [6, 6.07) is 10.9. The summed E-state index contributed by atoms with van der Waals surface area (Å²) in [5.41, 5.74) is 0.255. The van der Waals surface area contributed by atoms with E-state index in [1.807, 2.05) is 0 Å². The topological polar surface area (TPSA) is 103 Å². The molecule has 0 radical (unpaired) electrons. The third kappa shape index (κ3) is 6.00. The van der Waals surface area contributed by atoms with Crippen LogP contribution in [-0.2, 0) is 9.47 Å². The van der Waals surface area contributed by atoms with Crippen LogP contribution in [0.5, 0.6) is 11.5 Å². The Morgan fingerprint density at radius 1 is 1.18 bits per heavy atom. The van der Waals surface area contributed by atoms with Gasteiger partial charge in [-0.1, -0.05) is 11.6 Å². The lowest BCUT2D eigenvalue weighted by Crippen LogP contribution is -2.52. The third-order valence-electron chi connectivity index (χ3n) is 5.96. The van der Waals surface area contributed by atoms with Gasteiger partial charge in [0.1, 0.15) is 5.75 Å². The molecule has 2 unspecified atom stereocenters. The molecule has 0 aliphatic carbocycles. The standard InChI is InChI=1S/C23H26ClN3O6/c24-18-3-6-22(20(13-18)27(29)30)33-19-4-1-16(2-5-19)23(28)25-14-21(17-7-10-32-15-17)26-8-11-31-12-9-26/h1-6,13,17,21H,7-12,14-15H2,(H,25,28). The van der Waals surface area contributed by atoms with Crippen molar-refractivity contribution in [3.63, 3.8) is 0 Å². The first-order valence-corrected chi connectivity index (χ1v) is 11.3. The smallest absolute Gasteiger partial charge is 0.313 e. The molecular formula is C23H26ClN3O6. The van der Waals surface area contributed by atoms with E-state index in [1.54, 1.807) is 24.3 Å². The molecule has 176 valence electrons. The highest BCUT2D eigenvalue weighted by Crippen LogP contribution is 2.33. The van der Waals surface area contributed by atoms with E-state index in [0.717, 1.165) is 26.1 Å². The number of benzene rings is 2. The Kier molecular flexibility index (Phi) is 7.77. The lowest BCUT2D eigenvalue weighted by atomic mass is 9.96. The van der Waals surface area contributed by atoms with Crippen LogP contribution in [0.2, 0.25) is 5.02 Å². The van der Waals surface area contributed by atoms with Gasteiger partial charge in [0.25, 0.3) is 5.91 Å². The number of rotatable bonds is 8. The van der Waals surface area contributed by atoms with E-state index in [2.05, 4.69) is 10.2 Å². The molecule has 1 N–H and O–H groups in total. The molecule has 1 amide bonds. The molecule has 33 heavy (non-hydrogen) atoms. The van der Waals surface area contributed by atoms with E-state index < -0.39 is 4.92 Å². The van der Waals surface area contributed by atoms with E-state index in [9.17, 15) is 14.9 Å². The van der Waals surface area contributed by atoms with Crippen molar-refractivity contribution in [2.24, 2.45) is 5.92 Å². The molecule has 2 saturated heterocycles. The fourth-order valence-corrected chi connectivity index (χ4v) is 4.35. The highest BCUT2D eigenvalue weighted by Gasteiger charge is 2.31. The second kappa shape index (κ2) is 10.9. The van der Waals surface area contributed by atoms with Gasteiger partial charge in [0.15, 0.2) is 0 Å². The number of amides is 1. The molecule has 0 bridgehead atoms. The van der Waals surface area contributed by atoms with E-state index in [-0.39, 0.29) is 28.4 Å². The summed E-state index contributed by atoms with van der Waals surface area (Å²) in [7, 11) is 0. The lowest BCUT2D eigenvalue weighted by Gasteiger charge is -2.37. The van der Waals surface area contributed by atoms with Crippen LogP contribution in [0.15, 0.2) is 42.5 Å². The van der Waals surface area contributed by atoms with Gasteiger partial charge in [0.05, 0.1) is 24.7 Å². The van der Waals surface area contributed by atoms with Gasteiger partial charge in [-0.3, -0.25) is 19.8 Å². The zero-order valence-corrected chi connectivity index (χ0v) is 18.8. The average Bonchev–Trinajstić information content (AvgIpc) is 3.36. The first-order chi connectivity index (χ1) is 16.0. The summed E-state index contributed by atoms with van der Waals surface area (Å²) in [4.78, 5) is 25.8. The van der Waals surface area contributed by atoms with Gasteiger partial charge >= 0.3 is 5.69 Å². The lowest BCUT2D eigenvalue weighted by molar-refractivity contribution is -0.385. The Labute approximate surface area is 196 Å². The van der Waals surface area contributed by atoms with Crippen molar-refractivity contribution in [2.75, 3.05) is 46.1 Å². The van der Waals surface area contributed by atoms with Gasteiger partial charge in [-0.05, 0) is 42.8 Å². The van der Waals surface area contributed by atoms with Gasteiger partial charge in [-0.2, -0.15) is 0 Å². The molecule has 10 heteroatoms. The number of halogens is 1. The number of nitro groups is 1. The Morgan fingerprint density at radius 3 is 2.61 bits per heavy atom. The highest BCUT2D eigenvalue weighted by atomic mass is 35.5. The minimum Gasteiger partial charge on any atom is -0.450 e. The monoisotopic (exact) mass is 475 g/mol. The number of morpholine rings is 1.